The van der Waals surface area contributed by atoms with Crippen LogP contribution in [0.5, 0.6) is 0 Å². The van der Waals surface area contributed by atoms with E-state index >= 15 is 0 Å². The molecule has 0 radical (unpaired) electrons. The molecule has 2 amide bonds. The first-order valence-electron chi connectivity index (χ1n) is 9.96. The number of ether oxygens (including phenoxy) is 1. The number of carbonyl (C=O) groups excluding carboxylic acids is 3. The fourth-order valence-electron chi connectivity index (χ4n) is 4.35. The van der Waals surface area contributed by atoms with Crippen molar-refractivity contribution in [1.29, 1.82) is 0 Å². The van der Waals surface area contributed by atoms with Crippen LogP contribution in [-0.2, 0) is 9.53 Å². The summed E-state index contributed by atoms with van der Waals surface area (Å²) in [5.41, 5.74) is 0.936. The number of carbonyl (C=O) groups is 3. The number of rotatable bonds is 4. The minimum atomic E-state index is -0.538. The molecule has 1 heterocycles. The molecule has 1 spiro atoms. The number of nitrogens with one attached hydrogen (secondary N) is 1. The maximum absolute atomic E-state index is 13.3. The highest BCUT2D eigenvalue weighted by Crippen LogP contribution is 2.59. The van der Waals surface area contributed by atoms with Gasteiger partial charge in [0.25, 0.3) is 5.91 Å². The van der Waals surface area contributed by atoms with Gasteiger partial charge in [0.1, 0.15) is 5.82 Å². The highest BCUT2D eigenvalue weighted by atomic mass is 19.1. The number of amides is 2. The average Bonchev–Trinajstić information content (AvgIpc) is 3.46. The van der Waals surface area contributed by atoms with Crippen molar-refractivity contribution in [2.45, 2.75) is 19.3 Å². The van der Waals surface area contributed by atoms with Crippen LogP contribution in [0.25, 0.3) is 0 Å². The third-order valence-electron chi connectivity index (χ3n) is 6.21. The average molecular weight is 410 g/mol. The Morgan fingerprint density at radius 3 is 2.43 bits per heavy atom. The van der Waals surface area contributed by atoms with Gasteiger partial charge in [-0.3, -0.25) is 9.59 Å². The molecular formula is C23H23FN2O4. The van der Waals surface area contributed by atoms with Gasteiger partial charge in [-0.05, 0) is 55.0 Å². The van der Waals surface area contributed by atoms with Crippen molar-refractivity contribution in [2.75, 3.05) is 25.5 Å². The highest BCUT2D eigenvalue weighted by Gasteiger charge is 2.58. The van der Waals surface area contributed by atoms with E-state index < -0.39 is 11.8 Å². The van der Waals surface area contributed by atoms with E-state index in [-0.39, 0.29) is 28.7 Å². The van der Waals surface area contributed by atoms with E-state index in [9.17, 15) is 18.8 Å². The molecule has 1 N–H and O–H groups in total. The summed E-state index contributed by atoms with van der Waals surface area (Å²) in [6, 6.07) is 12.5. The molecule has 6 nitrogen and oxygen atoms in total. The van der Waals surface area contributed by atoms with E-state index in [4.69, 9.17) is 4.74 Å². The smallest absolute Gasteiger partial charge is 0.338 e. The Hall–Kier alpha value is -3.22. The number of halogens is 1. The number of benzene rings is 2. The Bertz CT molecular complexity index is 998. The van der Waals surface area contributed by atoms with Crippen LogP contribution in [-0.4, -0.2) is 42.9 Å². The van der Waals surface area contributed by atoms with Gasteiger partial charge >= 0.3 is 5.97 Å². The van der Waals surface area contributed by atoms with E-state index in [1.807, 2.05) is 0 Å². The van der Waals surface area contributed by atoms with Crippen LogP contribution in [0.2, 0.25) is 0 Å². The largest absolute Gasteiger partial charge is 0.465 e. The zero-order chi connectivity index (χ0) is 21.3. The van der Waals surface area contributed by atoms with Crippen LogP contribution in [0.1, 0.15) is 40.0 Å². The van der Waals surface area contributed by atoms with Gasteiger partial charge in [-0.25, -0.2) is 9.18 Å². The fraction of sp³-hybridized carbons (Fsp3) is 0.348. The fourth-order valence-corrected chi connectivity index (χ4v) is 4.35. The molecule has 1 unspecified atom stereocenters. The lowest BCUT2D eigenvalue weighted by Gasteiger charge is -2.33. The standard InChI is InChI=1S/C23H23FN2O4/c1-30-22(29)18-8-3-2-7-17(18)21(28)26-11-9-23(10-12-26)14-19(23)20(27)25-16-6-4-5-15(24)13-16/h2-8,13,19H,9-12,14H2,1H3,(H,25,27). The summed E-state index contributed by atoms with van der Waals surface area (Å²) in [6.07, 6.45) is 2.22. The van der Waals surface area contributed by atoms with E-state index in [1.165, 1.54) is 19.2 Å². The summed E-state index contributed by atoms with van der Waals surface area (Å²) in [7, 11) is 1.29. The number of esters is 1. The van der Waals surface area contributed by atoms with E-state index in [1.54, 1.807) is 41.3 Å². The van der Waals surface area contributed by atoms with Crippen molar-refractivity contribution in [2.24, 2.45) is 11.3 Å². The molecule has 2 aromatic rings. The molecule has 1 saturated heterocycles. The molecule has 2 aromatic carbocycles. The van der Waals surface area contributed by atoms with Crippen LogP contribution < -0.4 is 5.32 Å². The number of piperidine rings is 1. The summed E-state index contributed by atoms with van der Waals surface area (Å²) in [5.74, 6) is -1.36. The second kappa shape index (κ2) is 7.89. The number of nitrogens with zero attached hydrogens (tertiary/aromatic N) is 1. The number of hydrogen-bond acceptors (Lipinski definition) is 4. The van der Waals surface area contributed by atoms with Crippen LogP contribution in [0.4, 0.5) is 10.1 Å². The second-order valence-electron chi connectivity index (χ2n) is 7.95. The van der Waals surface area contributed by atoms with Gasteiger partial charge in [-0.15, -0.1) is 0 Å². The zero-order valence-corrected chi connectivity index (χ0v) is 16.7. The summed E-state index contributed by atoms with van der Waals surface area (Å²) < 4.78 is 18.1. The predicted molar refractivity (Wildman–Crippen MR) is 108 cm³/mol. The molecule has 1 atom stereocenters. The summed E-state index contributed by atoms with van der Waals surface area (Å²) >= 11 is 0. The molecule has 0 aromatic heterocycles. The van der Waals surface area contributed by atoms with Crippen LogP contribution in [0.3, 0.4) is 0 Å². The van der Waals surface area contributed by atoms with Gasteiger partial charge in [-0.2, -0.15) is 0 Å². The van der Waals surface area contributed by atoms with Crippen molar-refractivity contribution in [3.05, 3.63) is 65.5 Å². The predicted octanol–water partition coefficient (Wildman–Crippen LogP) is 3.49. The maximum atomic E-state index is 13.3. The monoisotopic (exact) mass is 410 g/mol. The summed E-state index contributed by atoms with van der Waals surface area (Å²) in [4.78, 5) is 39.2. The minimum Gasteiger partial charge on any atom is -0.465 e. The third-order valence-corrected chi connectivity index (χ3v) is 6.21. The normalized spacial score (nSPS) is 19.3. The Labute approximate surface area is 174 Å². The van der Waals surface area contributed by atoms with Gasteiger partial charge in [0.05, 0.1) is 18.2 Å². The third kappa shape index (κ3) is 3.79. The molecule has 1 saturated carbocycles. The molecule has 2 aliphatic rings. The molecule has 1 aliphatic heterocycles. The number of hydrogen-bond donors (Lipinski definition) is 1. The van der Waals surface area contributed by atoms with Gasteiger partial charge in [0, 0.05) is 24.7 Å². The van der Waals surface area contributed by atoms with E-state index in [0.717, 1.165) is 19.3 Å². The van der Waals surface area contributed by atoms with Gasteiger partial charge in [-0.1, -0.05) is 18.2 Å². The molecule has 156 valence electrons. The van der Waals surface area contributed by atoms with Crippen LogP contribution in [0.15, 0.2) is 48.5 Å². The molecular weight excluding hydrogens is 387 g/mol. The first-order chi connectivity index (χ1) is 14.4. The van der Waals surface area contributed by atoms with Gasteiger partial charge in [0.15, 0.2) is 0 Å². The number of methoxy groups -OCH3 is 1. The lowest BCUT2D eigenvalue weighted by Crippen LogP contribution is -2.40. The van der Waals surface area contributed by atoms with Crippen LogP contribution in [0, 0.1) is 17.2 Å². The van der Waals surface area contributed by atoms with E-state index in [2.05, 4.69) is 5.32 Å². The van der Waals surface area contributed by atoms with E-state index in [0.29, 0.717) is 24.3 Å². The summed E-state index contributed by atoms with van der Waals surface area (Å²) in [5, 5.41) is 2.79. The van der Waals surface area contributed by atoms with Crippen molar-refractivity contribution in [3.8, 4) is 0 Å². The molecule has 1 aliphatic carbocycles. The molecule has 4 rings (SSSR count). The Kier molecular flexibility index (Phi) is 5.28. The first kappa shape index (κ1) is 20.1. The second-order valence-corrected chi connectivity index (χ2v) is 7.95. The number of likely N-dealkylation sites (tertiary alicyclic amines) is 1. The minimum absolute atomic E-state index is 0.101. The first-order valence-corrected chi connectivity index (χ1v) is 9.96. The number of anilines is 1. The van der Waals surface area contributed by atoms with Crippen LogP contribution >= 0.6 is 0 Å². The molecule has 2 fully saturated rings. The zero-order valence-electron chi connectivity index (χ0n) is 16.7. The van der Waals surface area contributed by atoms with Crippen molar-refractivity contribution < 1.29 is 23.5 Å². The quantitative estimate of drug-likeness (QED) is 0.783. The van der Waals surface area contributed by atoms with Gasteiger partial charge < -0.3 is 15.0 Å². The van der Waals surface area contributed by atoms with Crippen molar-refractivity contribution in [3.63, 3.8) is 0 Å². The maximum Gasteiger partial charge on any atom is 0.338 e. The Morgan fingerprint density at radius 2 is 1.77 bits per heavy atom. The SMILES string of the molecule is COC(=O)c1ccccc1C(=O)N1CCC2(CC1)CC2C(=O)Nc1cccc(F)c1. The van der Waals surface area contributed by atoms with Gasteiger partial charge in [0.2, 0.25) is 5.91 Å². The Balaban J connectivity index is 1.37. The molecule has 0 bridgehead atoms. The lowest BCUT2D eigenvalue weighted by molar-refractivity contribution is -0.118. The highest BCUT2D eigenvalue weighted by molar-refractivity contribution is 6.05. The Morgan fingerprint density at radius 1 is 1.07 bits per heavy atom. The molecule has 7 heteroatoms. The summed E-state index contributed by atoms with van der Waals surface area (Å²) in [6.45, 7) is 1.05. The topological polar surface area (TPSA) is 75.7 Å². The van der Waals surface area contributed by atoms with Crippen molar-refractivity contribution >= 4 is 23.5 Å². The van der Waals surface area contributed by atoms with Crippen molar-refractivity contribution in [1.82, 2.24) is 4.90 Å². The lowest BCUT2D eigenvalue weighted by atomic mass is 9.90. The molecule has 30 heavy (non-hydrogen) atoms.